The average Bonchev–Trinajstić information content (AvgIpc) is 3.05. The maximum atomic E-state index is 12.0. The predicted octanol–water partition coefficient (Wildman–Crippen LogP) is 2.24. The number of likely N-dealkylation sites (tertiary alicyclic amines) is 1. The van der Waals surface area contributed by atoms with Crippen molar-refractivity contribution < 1.29 is 14.6 Å². The molecule has 2 rings (SSSR count). The van der Waals surface area contributed by atoms with Gasteiger partial charge in [0.15, 0.2) is 5.96 Å². The maximum Gasteiger partial charge on any atom is 0.407 e. The molecule has 1 atom stereocenters. The molecule has 27 heavy (non-hydrogen) atoms. The van der Waals surface area contributed by atoms with Crippen molar-refractivity contribution in [3.8, 4) is 0 Å². The van der Waals surface area contributed by atoms with Crippen LogP contribution in [0, 0.1) is 0 Å². The first kappa shape index (κ1) is 21.0. The SMILES string of the molecule is CCNC(=NCc1ccccc1CO)N1CCC(NC(=O)OC(C)(C)C)C1. The van der Waals surface area contributed by atoms with E-state index in [9.17, 15) is 9.90 Å². The number of benzene rings is 1. The minimum absolute atomic E-state index is 0.00777. The van der Waals surface area contributed by atoms with Gasteiger partial charge < -0.3 is 25.4 Å². The van der Waals surface area contributed by atoms with E-state index in [0.717, 1.165) is 36.6 Å². The van der Waals surface area contributed by atoms with Gasteiger partial charge in [-0.25, -0.2) is 9.79 Å². The number of hydrogen-bond donors (Lipinski definition) is 3. The zero-order valence-electron chi connectivity index (χ0n) is 16.8. The summed E-state index contributed by atoms with van der Waals surface area (Å²) in [7, 11) is 0. The summed E-state index contributed by atoms with van der Waals surface area (Å²) in [6.45, 7) is 10.4. The number of aliphatic imine (C=N–C) groups is 1. The Bertz CT molecular complexity index is 655. The van der Waals surface area contributed by atoms with Crippen LogP contribution in [-0.2, 0) is 17.9 Å². The summed E-state index contributed by atoms with van der Waals surface area (Å²) >= 11 is 0. The molecule has 1 amide bonds. The molecule has 1 aliphatic heterocycles. The topological polar surface area (TPSA) is 86.2 Å². The molecule has 3 N–H and O–H groups in total. The normalized spacial score (nSPS) is 17.7. The first-order valence-corrected chi connectivity index (χ1v) is 9.52. The number of aliphatic hydroxyl groups is 1. The predicted molar refractivity (Wildman–Crippen MR) is 107 cm³/mol. The summed E-state index contributed by atoms with van der Waals surface area (Å²) in [5.74, 6) is 0.818. The van der Waals surface area contributed by atoms with Crippen LogP contribution in [0.2, 0.25) is 0 Å². The van der Waals surface area contributed by atoms with Crippen LogP contribution < -0.4 is 10.6 Å². The number of nitrogens with one attached hydrogen (secondary N) is 2. The van der Waals surface area contributed by atoms with Gasteiger partial charge in [-0.05, 0) is 45.2 Å². The largest absolute Gasteiger partial charge is 0.444 e. The first-order chi connectivity index (χ1) is 12.8. The fourth-order valence-corrected chi connectivity index (χ4v) is 3.00. The van der Waals surface area contributed by atoms with Crippen LogP contribution in [0.1, 0.15) is 45.2 Å². The van der Waals surface area contributed by atoms with E-state index in [1.807, 2.05) is 52.0 Å². The number of ether oxygens (including phenoxy) is 1. The van der Waals surface area contributed by atoms with E-state index in [1.165, 1.54) is 0 Å². The average molecular weight is 377 g/mol. The van der Waals surface area contributed by atoms with Crippen LogP contribution in [-0.4, -0.2) is 53.3 Å². The van der Waals surface area contributed by atoms with Crippen molar-refractivity contribution in [2.24, 2.45) is 4.99 Å². The fourth-order valence-electron chi connectivity index (χ4n) is 3.00. The van der Waals surface area contributed by atoms with Crippen LogP contribution in [0.3, 0.4) is 0 Å². The molecule has 1 heterocycles. The monoisotopic (exact) mass is 376 g/mol. The lowest BCUT2D eigenvalue weighted by molar-refractivity contribution is 0.0507. The Morgan fingerprint density at radius 1 is 1.33 bits per heavy atom. The van der Waals surface area contributed by atoms with Gasteiger partial charge in [0, 0.05) is 19.6 Å². The second-order valence-electron chi connectivity index (χ2n) is 7.67. The van der Waals surface area contributed by atoms with E-state index < -0.39 is 5.60 Å². The number of guanidine groups is 1. The third-order valence-electron chi connectivity index (χ3n) is 4.23. The highest BCUT2D eigenvalue weighted by atomic mass is 16.6. The Hall–Kier alpha value is -2.28. The van der Waals surface area contributed by atoms with Crippen LogP contribution in [0.15, 0.2) is 29.3 Å². The third kappa shape index (κ3) is 6.75. The molecule has 0 saturated carbocycles. The van der Waals surface area contributed by atoms with Crippen molar-refractivity contribution in [3.05, 3.63) is 35.4 Å². The molecule has 0 aromatic heterocycles. The van der Waals surface area contributed by atoms with E-state index in [-0.39, 0.29) is 18.7 Å². The molecule has 1 unspecified atom stereocenters. The van der Waals surface area contributed by atoms with Crippen molar-refractivity contribution >= 4 is 12.1 Å². The summed E-state index contributed by atoms with van der Waals surface area (Å²) in [5.41, 5.74) is 1.40. The summed E-state index contributed by atoms with van der Waals surface area (Å²) in [4.78, 5) is 18.8. The summed E-state index contributed by atoms with van der Waals surface area (Å²) < 4.78 is 5.34. The highest BCUT2D eigenvalue weighted by Gasteiger charge is 2.27. The Morgan fingerprint density at radius 3 is 2.67 bits per heavy atom. The number of alkyl carbamates (subject to hydrolysis) is 1. The van der Waals surface area contributed by atoms with Gasteiger partial charge in [-0.1, -0.05) is 24.3 Å². The molecule has 0 aliphatic carbocycles. The molecule has 7 nitrogen and oxygen atoms in total. The molecular formula is C20H32N4O3. The molecular weight excluding hydrogens is 344 g/mol. The quantitative estimate of drug-likeness (QED) is 0.542. The summed E-state index contributed by atoms with van der Waals surface area (Å²) in [6, 6.07) is 7.79. The van der Waals surface area contributed by atoms with Gasteiger partial charge in [0.1, 0.15) is 5.60 Å². The van der Waals surface area contributed by atoms with Crippen molar-refractivity contribution in [2.75, 3.05) is 19.6 Å². The molecule has 1 fully saturated rings. The number of aliphatic hydroxyl groups excluding tert-OH is 1. The van der Waals surface area contributed by atoms with Crippen molar-refractivity contribution in [1.82, 2.24) is 15.5 Å². The molecule has 1 aromatic carbocycles. The van der Waals surface area contributed by atoms with Crippen LogP contribution in [0.4, 0.5) is 4.79 Å². The molecule has 150 valence electrons. The fraction of sp³-hybridized carbons (Fsp3) is 0.600. The minimum atomic E-state index is -0.501. The second-order valence-corrected chi connectivity index (χ2v) is 7.67. The van der Waals surface area contributed by atoms with E-state index >= 15 is 0 Å². The van der Waals surface area contributed by atoms with Gasteiger partial charge in [-0.2, -0.15) is 0 Å². The highest BCUT2D eigenvalue weighted by Crippen LogP contribution is 2.14. The lowest BCUT2D eigenvalue weighted by Crippen LogP contribution is -2.44. The van der Waals surface area contributed by atoms with Gasteiger partial charge in [0.05, 0.1) is 19.2 Å². The molecule has 7 heteroatoms. The molecule has 0 radical (unpaired) electrons. The molecule has 0 spiro atoms. The van der Waals surface area contributed by atoms with E-state index in [4.69, 9.17) is 9.73 Å². The van der Waals surface area contributed by atoms with Crippen LogP contribution in [0.5, 0.6) is 0 Å². The molecule has 1 saturated heterocycles. The van der Waals surface area contributed by atoms with Gasteiger partial charge in [-0.15, -0.1) is 0 Å². The Labute approximate surface area is 161 Å². The zero-order valence-corrected chi connectivity index (χ0v) is 16.8. The summed E-state index contributed by atoms with van der Waals surface area (Å²) in [5, 5.41) is 15.7. The number of nitrogens with zero attached hydrogens (tertiary/aromatic N) is 2. The molecule has 1 aromatic rings. The van der Waals surface area contributed by atoms with E-state index in [2.05, 4.69) is 15.5 Å². The number of hydrogen-bond acceptors (Lipinski definition) is 4. The Kier molecular flexibility index (Phi) is 7.47. The second kappa shape index (κ2) is 9.60. The van der Waals surface area contributed by atoms with Gasteiger partial charge in [0.25, 0.3) is 0 Å². The van der Waals surface area contributed by atoms with Gasteiger partial charge >= 0.3 is 6.09 Å². The number of amides is 1. The lowest BCUT2D eigenvalue weighted by atomic mass is 10.1. The van der Waals surface area contributed by atoms with Crippen LogP contribution >= 0.6 is 0 Å². The summed E-state index contributed by atoms with van der Waals surface area (Å²) in [6.07, 6.45) is 0.463. The van der Waals surface area contributed by atoms with Crippen molar-refractivity contribution in [1.29, 1.82) is 0 Å². The number of carbonyl (C=O) groups excluding carboxylic acids is 1. The van der Waals surface area contributed by atoms with Gasteiger partial charge in [0.2, 0.25) is 0 Å². The lowest BCUT2D eigenvalue weighted by Gasteiger charge is -2.23. The van der Waals surface area contributed by atoms with Gasteiger partial charge in [-0.3, -0.25) is 0 Å². The third-order valence-corrected chi connectivity index (χ3v) is 4.23. The Morgan fingerprint density at radius 2 is 2.04 bits per heavy atom. The molecule has 0 bridgehead atoms. The standard InChI is InChI=1S/C20H32N4O3/c1-5-21-18(22-12-15-8-6-7-9-16(15)14-25)24-11-10-17(13-24)23-19(26)27-20(2,3)4/h6-9,17,25H,5,10-14H2,1-4H3,(H,21,22)(H,23,26). The number of carbonyl (C=O) groups is 1. The van der Waals surface area contributed by atoms with E-state index in [0.29, 0.717) is 13.1 Å². The van der Waals surface area contributed by atoms with E-state index in [1.54, 1.807) is 0 Å². The van der Waals surface area contributed by atoms with Crippen molar-refractivity contribution in [2.45, 2.75) is 58.9 Å². The maximum absolute atomic E-state index is 12.0. The van der Waals surface area contributed by atoms with Crippen LogP contribution in [0.25, 0.3) is 0 Å². The zero-order chi connectivity index (χ0) is 19.9. The number of rotatable bonds is 5. The first-order valence-electron chi connectivity index (χ1n) is 9.52. The highest BCUT2D eigenvalue weighted by molar-refractivity contribution is 5.80. The molecule has 1 aliphatic rings. The smallest absolute Gasteiger partial charge is 0.407 e. The van der Waals surface area contributed by atoms with Crippen molar-refractivity contribution in [3.63, 3.8) is 0 Å². The minimum Gasteiger partial charge on any atom is -0.444 e. The Balaban J connectivity index is 1.97.